The van der Waals surface area contributed by atoms with Gasteiger partial charge in [-0.25, -0.2) is 14.6 Å². The second-order valence-corrected chi connectivity index (χ2v) is 4.36. The molecule has 0 aliphatic carbocycles. The van der Waals surface area contributed by atoms with E-state index in [0.717, 1.165) is 24.3 Å². The lowest BCUT2D eigenvalue weighted by molar-refractivity contribution is -0.0166. The SMILES string of the molecule is C=NC(=N)N(CCCCCC)OP(=O)(O)O. The number of aliphatic imine (C=N–C) groups is 1. The predicted octanol–water partition coefficient (Wildman–Crippen LogP) is 1.53. The molecule has 0 aromatic rings. The Morgan fingerprint density at radius 3 is 2.56 bits per heavy atom. The van der Waals surface area contributed by atoms with E-state index < -0.39 is 13.8 Å². The molecular formula is C8H18N3O4P. The molecule has 16 heavy (non-hydrogen) atoms. The van der Waals surface area contributed by atoms with E-state index in [-0.39, 0.29) is 6.54 Å². The van der Waals surface area contributed by atoms with Crippen molar-refractivity contribution in [3.63, 3.8) is 0 Å². The smallest absolute Gasteiger partial charge is 0.301 e. The average molecular weight is 251 g/mol. The van der Waals surface area contributed by atoms with E-state index in [4.69, 9.17) is 15.2 Å². The van der Waals surface area contributed by atoms with Gasteiger partial charge in [0.05, 0.1) is 0 Å². The monoisotopic (exact) mass is 251 g/mol. The summed E-state index contributed by atoms with van der Waals surface area (Å²) in [5.41, 5.74) is 0. The summed E-state index contributed by atoms with van der Waals surface area (Å²) in [6, 6.07) is 0. The molecule has 0 aliphatic rings. The van der Waals surface area contributed by atoms with Gasteiger partial charge in [-0.15, -0.1) is 0 Å². The largest absolute Gasteiger partial charge is 0.491 e. The topological polar surface area (TPSA) is 106 Å². The second-order valence-electron chi connectivity index (χ2n) is 3.22. The Balaban J connectivity index is 4.17. The minimum Gasteiger partial charge on any atom is -0.301 e. The normalized spacial score (nSPS) is 11.2. The highest BCUT2D eigenvalue weighted by molar-refractivity contribution is 7.46. The average Bonchev–Trinajstić information content (AvgIpc) is 2.19. The lowest BCUT2D eigenvalue weighted by Gasteiger charge is -2.21. The molecule has 0 radical (unpaired) electrons. The second kappa shape index (κ2) is 7.51. The quantitative estimate of drug-likeness (QED) is 0.209. The number of hydroxylamine groups is 2. The number of rotatable bonds is 7. The third-order valence-corrected chi connectivity index (χ3v) is 2.22. The molecule has 8 heteroatoms. The van der Waals surface area contributed by atoms with E-state index in [0.29, 0.717) is 6.42 Å². The number of unbranched alkanes of at least 4 members (excludes halogenated alkanes) is 3. The van der Waals surface area contributed by atoms with Gasteiger partial charge in [0, 0.05) is 6.54 Å². The summed E-state index contributed by atoms with van der Waals surface area (Å²) in [6.07, 6.45) is 3.66. The van der Waals surface area contributed by atoms with Crippen molar-refractivity contribution in [3.05, 3.63) is 0 Å². The van der Waals surface area contributed by atoms with Gasteiger partial charge in [0.2, 0.25) is 5.96 Å². The number of hydrogen-bond acceptors (Lipinski definition) is 3. The minimum atomic E-state index is -4.65. The fraction of sp³-hybridized carbons (Fsp3) is 0.750. The highest BCUT2D eigenvalue weighted by Gasteiger charge is 2.22. The minimum absolute atomic E-state index is 0.211. The summed E-state index contributed by atoms with van der Waals surface area (Å²) >= 11 is 0. The van der Waals surface area contributed by atoms with Crippen LogP contribution in [0.15, 0.2) is 4.99 Å². The number of nitrogens with one attached hydrogen (secondary N) is 1. The maximum absolute atomic E-state index is 10.6. The summed E-state index contributed by atoms with van der Waals surface area (Å²) < 4.78 is 14.9. The van der Waals surface area contributed by atoms with Crippen LogP contribution in [0.3, 0.4) is 0 Å². The lowest BCUT2D eigenvalue weighted by Crippen LogP contribution is -2.29. The first-order chi connectivity index (χ1) is 7.40. The van der Waals surface area contributed by atoms with Crippen LogP contribution in [0.25, 0.3) is 0 Å². The Morgan fingerprint density at radius 1 is 1.50 bits per heavy atom. The molecule has 0 unspecified atom stereocenters. The zero-order chi connectivity index (χ0) is 12.6. The maximum atomic E-state index is 10.6. The molecular weight excluding hydrogens is 233 g/mol. The molecule has 0 aromatic carbocycles. The van der Waals surface area contributed by atoms with Crippen molar-refractivity contribution < 1.29 is 19.0 Å². The van der Waals surface area contributed by atoms with Crippen LogP contribution in [0.1, 0.15) is 32.6 Å². The molecule has 0 fully saturated rings. The third-order valence-electron chi connectivity index (χ3n) is 1.81. The summed E-state index contributed by atoms with van der Waals surface area (Å²) in [5, 5.41) is 8.05. The number of phosphoric acid groups is 1. The van der Waals surface area contributed by atoms with E-state index >= 15 is 0 Å². The van der Waals surface area contributed by atoms with E-state index in [1.165, 1.54) is 0 Å². The standard InChI is InChI=1S/C8H18N3O4P/c1-3-4-5-6-7-11(8(9)10-2)15-16(12,13)14/h9H,2-7H2,1H3,(H2,12,13,14). The molecule has 0 amide bonds. The van der Waals surface area contributed by atoms with Crippen molar-refractivity contribution in [1.82, 2.24) is 5.06 Å². The Labute approximate surface area is 94.8 Å². The zero-order valence-electron chi connectivity index (χ0n) is 9.30. The van der Waals surface area contributed by atoms with Crippen LogP contribution >= 0.6 is 7.82 Å². The first-order valence-electron chi connectivity index (χ1n) is 4.98. The molecule has 3 N–H and O–H groups in total. The molecule has 0 saturated carbocycles. The van der Waals surface area contributed by atoms with Crippen LogP contribution in [-0.2, 0) is 9.19 Å². The number of nitrogens with zero attached hydrogens (tertiary/aromatic N) is 2. The molecule has 0 rings (SSSR count). The van der Waals surface area contributed by atoms with E-state index in [1.54, 1.807) is 0 Å². The maximum Gasteiger partial charge on any atom is 0.491 e. The van der Waals surface area contributed by atoms with Gasteiger partial charge >= 0.3 is 7.82 Å². The van der Waals surface area contributed by atoms with Crippen molar-refractivity contribution in [1.29, 1.82) is 5.41 Å². The molecule has 0 aromatic heterocycles. The first kappa shape index (κ1) is 15.2. The van der Waals surface area contributed by atoms with Gasteiger partial charge in [-0.1, -0.05) is 26.2 Å². The zero-order valence-corrected chi connectivity index (χ0v) is 10.2. The molecule has 94 valence electrons. The van der Waals surface area contributed by atoms with Crippen molar-refractivity contribution in [2.24, 2.45) is 4.99 Å². The summed E-state index contributed by atoms with van der Waals surface area (Å²) in [5.74, 6) is -0.403. The summed E-state index contributed by atoms with van der Waals surface area (Å²) in [7, 11) is -4.65. The van der Waals surface area contributed by atoms with Crippen LogP contribution in [0.4, 0.5) is 0 Å². The fourth-order valence-corrected chi connectivity index (χ4v) is 1.49. The highest BCUT2D eigenvalue weighted by atomic mass is 31.2. The first-order valence-corrected chi connectivity index (χ1v) is 6.51. The molecule has 0 heterocycles. The van der Waals surface area contributed by atoms with Crippen molar-refractivity contribution in [3.8, 4) is 0 Å². The molecule has 0 aliphatic heterocycles. The van der Waals surface area contributed by atoms with E-state index in [1.807, 2.05) is 0 Å². The molecule has 0 atom stereocenters. The van der Waals surface area contributed by atoms with Crippen LogP contribution in [-0.4, -0.2) is 34.1 Å². The molecule has 7 nitrogen and oxygen atoms in total. The Bertz CT molecular complexity index is 278. The van der Waals surface area contributed by atoms with Gasteiger partial charge in [0.25, 0.3) is 0 Å². The molecule has 0 bridgehead atoms. The Hall–Kier alpha value is -0.750. The Morgan fingerprint density at radius 2 is 2.12 bits per heavy atom. The number of hydrogen-bond donors (Lipinski definition) is 3. The van der Waals surface area contributed by atoms with Crippen LogP contribution in [0.5, 0.6) is 0 Å². The van der Waals surface area contributed by atoms with Crippen LogP contribution in [0.2, 0.25) is 0 Å². The van der Waals surface area contributed by atoms with Gasteiger partial charge in [0.1, 0.15) is 0 Å². The van der Waals surface area contributed by atoms with Crippen molar-refractivity contribution in [2.75, 3.05) is 6.54 Å². The van der Waals surface area contributed by atoms with Crippen molar-refractivity contribution in [2.45, 2.75) is 32.6 Å². The van der Waals surface area contributed by atoms with Gasteiger partial charge in [-0.2, -0.15) is 4.62 Å². The molecule has 0 spiro atoms. The lowest BCUT2D eigenvalue weighted by atomic mass is 10.2. The van der Waals surface area contributed by atoms with Gasteiger partial charge in [0.15, 0.2) is 0 Å². The summed E-state index contributed by atoms with van der Waals surface area (Å²) in [4.78, 5) is 20.5. The fourth-order valence-electron chi connectivity index (χ4n) is 1.07. The van der Waals surface area contributed by atoms with E-state index in [2.05, 4.69) is 23.3 Å². The highest BCUT2D eigenvalue weighted by Crippen LogP contribution is 2.37. The van der Waals surface area contributed by atoms with Gasteiger partial charge < -0.3 is 9.79 Å². The molecule has 0 saturated heterocycles. The van der Waals surface area contributed by atoms with Gasteiger partial charge in [-0.3, -0.25) is 5.41 Å². The predicted molar refractivity (Wildman–Crippen MR) is 61.3 cm³/mol. The van der Waals surface area contributed by atoms with Crippen LogP contribution in [0, 0.1) is 5.41 Å². The van der Waals surface area contributed by atoms with Gasteiger partial charge in [-0.05, 0) is 13.1 Å². The third kappa shape index (κ3) is 7.53. The summed E-state index contributed by atoms with van der Waals surface area (Å²) in [6.45, 7) is 5.37. The Kier molecular flexibility index (Phi) is 7.16. The van der Waals surface area contributed by atoms with Crippen LogP contribution < -0.4 is 0 Å². The van der Waals surface area contributed by atoms with Crippen molar-refractivity contribution >= 4 is 20.5 Å². The van der Waals surface area contributed by atoms with E-state index in [9.17, 15) is 4.57 Å². The number of guanidine groups is 1.